The summed E-state index contributed by atoms with van der Waals surface area (Å²) in [7, 11) is 0. The van der Waals surface area contributed by atoms with Crippen molar-refractivity contribution in [1.82, 2.24) is 9.97 Å². The first-order chi connectivity index (χ1) is 21.6. The zero-order chi connectivity index (χ0) is 30.6. The van der Waals surface area contributed by atoms with E-state index in [9.17, 15) is 9.59 Å². The molecule has 0 saturated carbocycles. The smallest absolute Gasteiger partial charge is 0.342 e. The number of benzene rings is 3. The number of amides is 1. The number of ether oxygens (including phenoxy) is 2. The third kappa shape index (κ3) is 8.06. The lowest BCUT2D eigenvalue weighted by atomic mass is 10.1. The van der Waals surface area contributed by atoms with Gasteiger partial charge in [-0.2, -0.15) is 0 Å². The number of nitrogens with zero attached hydrogens (tertiary/aromatic N) is 2. The number of allylic oxidation sites excluding steroid dienone is 7. The van der Waals surface area contributed by atoms with E-state index in [0.717, 1.165) is 5.56 Å². The molecule has 9 nitrogen and oxygen atoms in total. The van der Waals surface area contributed by atoms with Crippen LogP contribution in [0.5, 0.6) is 5.75 Å². The van der Waals surface area contributed by atoms with Gasteiger partial charge in [0.15, 0.2) is 0 Å². The molecule has 1 heterocycles. The van der Waals surface area contributed by atoms with Gasteiger partial charge in [0.2, 0.25) is 0 Å². The summed E-state index contributed by atoms with van der Waals surface area (Å²) < 4.78 is 11.8. The van der Waals surface area contributed by atoms with E-state index >= 15 is 0 Å². The molecular formula is C35H28N4O5. The normalized spacial score (nSPS) is 13.3. The maximum absolute atomic E-state index is 13.4. The largest absolute Gasteiger partial charge is 0.457 e. The van der Waals surface area contributed by atoms with Crippen molar-refractivity contribution in [2.75, 3.05) is 17.2 Å². The topological polar surface area (TPSA) is 123 Å². The summed E-state index contributed by atoms with van der Waals surface area (Å²) in [5, 5.41) is 15.5. The van der Waals surface area contributed by atoms with Crippen molar-refractivity contribution in [1.29, 1.82) is 0 Å². The standard InChI is InChI=1S/C35H28N4O5/c40-20-10-9-15-33(41)38-26-16-18-31-29(21-26)34(37-24-36-31)39-27-17-19-32(44-28-13-7-2-1-3-8-14-28)30(22-27)35(42)43-23-25-11-5-4-6-12-25/h1-8,11-14,16-19,21-22,24,40H,10,20,23H2,(H,38,41)(H,36,37,39)/b2-1-,3-1?,7-2?,8-3-,13-7?,14-8?,28-13?,28-14?. The molecule has 0 spiro atoms. The summed E-state index contributed by atoms with van der Waals surface area (Å²) in [5.74, 6) is 5.29. The van der Waals surface area contributed by atoms with Gasteiger partial charge in [0.1, 0.15) is 35.8 Å². The van der Waals surface area contributed by atoms with E-state index in [2.05, 4.69) is 32.4 Å². The summed E-state index contributed by atoms with van der Waals surface area (Å²) in [6, 6.07) is 19.7. The Balaban J connectivity index is 1.43. The molecule has 1 aliphatic rings. The van der Waals surface area contributed by atoms with Gasteiger partial charge in [0, 0.05) is 23.2 Å². The summed E-state index contributed by atoms with van der Waals surface area (Å²) >= 11 is 0. The summed E-state index contributed by atoms with van der Waals surface area (Å²) in [4.78, 5) is 34.3. The first-order valence-corrected chi connectivity index (χ1v) is 13.8. The number of rotatable bonds is 9. The van der Waals surface area contributed by atoms with E-state index in [0.29, 0.717) is 39.6 Å². The predicted octanol–water partition coefficient (Wildman–Crippen LogP) is 6.00. The molecule has 1 aromatic heterocycles. The third-order valence-corrected chi connectivity index (χ3v) is 6.20. The second kappa shape index (κ2) is 14.8. The van der Waals surface area contributed by atoms with Crippen LogP contribution in [-0.4, -0.2) is 33.6 Å². The van der Waals surface area contributed by atoms with Gasteiger partial charge in [-0.1, -0.05) is 66.6 Å². The van der Waals surface area contributed by atoms with E-state index in [4.69, 9.17) is 14.6 Å². The fourth-order valence-corrected chi connectivity index (χ4v) is 4.13. The van der Waals surface area contributed by atoms with Gasteiger partial charge >= 0.3 is 5.97 Å². The van der Waals surface area contributed by atoms with Gasteiger partial charge in [0.25, 0.3) is 5.91 Å². The third-order valence-electron chi connectivity index (χ3n) is 6.20. The molecule has 3 N–H and O–H groups in total. The van der Waals surface area contributed by atoms with Gasteiger partial charge in [-0.05, 0) is 60.0 Å². The van der Waals surface area contributed by atoms with Crippen molar-refractivity contribution in [2.24, 2.45) is 0 Å². The van der Waals surface area contributed by atoms with Crippen molar-refractivity contribution in [3.05, 3.63) is 132 Å². The van der Waals surface area contributed by atoms with Crippen molar-refractivity contribution < 1.29 is 24.2 Å². The number of nitrogens with one attached hydrogen (secondary N) is 2. The Kier molecular flexibility index (Phi) is 9.91. The lowest BCUT2D eigenvalue weighted by Crippen LogP contribution is -2.09. The van der Waals surface area contributed by atoms with E-state index in [1.54, 1.807) is 48.6 Å². The van der Waals surface area contributed by atoms with Gasteiger partial charge in [-0.15, -0.1) is 0 Å². The average molecular weight is 585 g/mol. The second-order valence-corrected chi connectivity index (χ2v) is 9.38. The quantitative estimate of drug-likeness (QED) is 0.162. The molecular weight excluding hydrogens is 556 g/mol. The number of hydrogen-bond acceptors (Lipinski definition) is 8. The molecule has 0 saturated heterocycles. The molecule has 218 valence electrons. The van der Waals surface area contributed by atoms with Crippen LogP contribution in [0.4, 0.5) is 17.2 Å². The summed E-state index contributed by atoms with van der Waals surface area (Å²) in [6.45, 7) is -0.0195. The fraction of sp³-hybridized carbons (Fsp3) is 0.0857. The van der Waals surface area contributed by atoms with Gasteiger partial charge in [-0.25, -0.2) is 14.8 Å². The minimum atomic E-state index is -0.557. The van der Waals surface area contributed by atoms with E-state index < -0.39 is 11.9 Å². The lowest BCUT2D eigenvalue weighted by Gasteiger charge is -2.15. The Morgan fingerprint density at radius 3 is 2.57 bits per heavy atom. The molecule has 1 aliphatic carbocycles. The highest BCUT2D eigenvalue weighted by atomic mass is 16.5. The Morgan fingerprint density at radius 1 is 0.886 bits per heavy atom. The van der Waals surface area contributed by atoms with Crippen LogP contribution in [0.1, 0.15) is 22.3 Å². The number of anilines is 3. The van der Waals surface area contributed by atoms with E-state index in [1.165, 1.54) is 6.33 Å². The number of hydrogen-bond donors (Lipinski definition) is 3. The van der Waals surface area contributed by atoms with Gasteiger partial charge in [-0.3, -0.25) is 4.79 Å². The van der Waals surface area contributed by atoms with Crippen LogP contribution >= 0.6 is 0 Å². The van der Waals surface area contributed by atoms with Crippen molar-refractivity contribution in [2.45, 2.75) is 13.0 Å². The lowest BCUT2D eigenvalue weighted by molar-refractivity contribution is -0.111. The molecule has 9 heteroatoms. The molecule has 0 aliphatic heterocycles. The number of aromatic nitrogens is 2. The highest BCUT2D eigenvalue weighted by molar-refractivity contribution is 6.05. The fourth-order valence-electron chi connectivity index (χ4n) is 4.13. The minimum Gasteiger partial charge on any atom is -0.457 e. The van der Waals surface area contributed by atoms with Crippen molar-refractivity contribution >= 4 is 40.0 Å². The van der Waals surface area contributed by atoms with E-state index in [-0.39, 0.29) is 25.2 Å². The minimum absolute atomic E-state index is 0.0995. The van der Waals surface area contributed by atoms with Crippen LogP contribution in [-0.2, 0) is 16.1 Å². The van der Waals surface area contributed by atoms with Crippen LogP contribution in [0.3, 0.4) is 0 Å². The SMILES string of the molecule is O=C(C#CCCO)Nc1ccc2ncnc(Nc3ccc(OC4=C/C=C\C=C/C=C4)c(C(=O)OCc4ccccc4)c3)c2c1. The molecule has 0 fully saturated rings. The van der Waals surface area contributed by atoms with E-state index in [1.807, 2.05) is 60.7 Å². The summed E-state index contributed by atoms with van der Waals surface area (Å²) in [6.07, 6.45) is 14.6. The Morgan fingerprint density at radius 2 is 1.70 bits per heavy atom. The maximum atomic E-state index is 13.4. The zero-order valence-corrected chi connectivity index (χ0v) is 23.6. The first-order valence-electron chi connectivity index (χ1n) is 13.8. The maximum Gasteiger partial charge on any atom is 0.342 e. The van der Waals surface area contributed by atoms with Crippen LogP contribution < -0.4 is 15.4 Å². The molecule has 5 rings (SSSR count). The number of carbonyl (C=O) groups excluding carboxylic acids is 2. The molecule has 3 aromatic carbocycles. The van der Waals surface area contributed by atoms with Crippen LogP contribution in [0, 0.1) is 11.8 Å². The monoisotopic (exact) mass is 584 g/mol. The average Bonchev–Trinajstić information content (AvgIpc) is 3.02. The van der Waals surface area contributed by atoms with Crippen LogP contribution in [0.2, 0.25) is 0 Å². The zero-order valence-electron chi connectivity index (χ0n) is 23.6. The molecule has 0 atom stereocenters. The Hall–Kier alpha value is -5.98. The second-order valence-electron chi connectivity index (χ2n) is 9.38. The molecule has 44 heavy (non-hydrogen) atoms. The van der Waals surface area contributed by atoms with Crippen molar-refractivity contribution in [3.63, 3.8) is 0 Å². The summed E-state index contributed by atoms with van der Waals surface area (Å²) in [5.41, 5.74) is 2.76. The van der Waals surface area contributed by atoms with Gasteiger partial charge in [0.05, 0.1) is 12.1 Å². The highest BCUT2D eigenvalue weighted by Crippen LogP contribution is 2.30. The molecule has 4 aromatic rings. The number of aliphatic hydroxyl groups is 1. The van der Waals surface area contributed by atoms with Crippen molar-refractivity contribution in [3.8, 4) is 17.6 Å². The molecule has 0 radical (unpaired) electrons. The first kappa shape index (κ1) is 29.5. The highest BCUT2D eigenvalue weighted by Gasteiger charge is 2.18. The number of fused-ring (bicyclic) bond motifs is 1. The Bertz CT molecular complexity index is 1850. The Labute approximate surface area is 254 Å². The van der Waals surface area contributed by atoms with Crippen LogP contribution in [0.25, 0.3) is 10.9 Å². The number of carbonyl (C=O) groups is 2. The molecule has 0 bridgehead atoms. The number of esters is 1. The van der Waals surface area contributed by atoms with Gasteiger partial charge < -0.3 is 25.2 Å². The molecule has 0 unspecified atom stereocenters. The predicted molar refractivity (Wildman–Crippen MR) is 169 cm³/mol. The number of aliphatic hydroxyl groups excluding tert-OH is 1. The molecule has 1 amide bonds. The van der Waals surface area contributed by atoms with Crippen LogP contribution in [0.15, 0.2) is 121 Å².